The minimum Gasteiger partial charge on any atom is -0.480 e. The first-order valence-electron chi connectivity index (χ1n) is 4.51. The molecule has 0 bridgehead atoms. The summed E-state index contributed by atoms with van der Waals surface area (Å²) in [6, 6.07) is -1.13. The van der Waals surface area contributed by atoms with Crippen molar-refractivity contribution in [1.82, 2.24) is 0 Å². The van der Waals surface area contributed by atoms with Gasteiger partial charge >= 0.3 is 5.97 Å². The first-order chi connectivity index (χ1) is 7.81. The fourth-order valence-corrected chi connectivity index (χ4v) is 0.494. The second-order valence-electron chi connectivity index (χ2n) is 2.99. The molecule has 0 radical (unpaired) electrons. The highest BCUT2D eigenvalue weighted by Gasteiger charge is 2.22. The quantitative estimate of drug-likeness (QED) is 0.230. The van der Waals surface area contributed by atoms with Crippen molar-refractivity contribution in [2.75, 3.05) is 13.2 Å². The van der Waals surface area contributed by atoms with Crippen molar-refractivity contribution in [1.29, 1.82) is 0 Å². The first-order valence-corrected chi connectivity index (χ1v) is 4.51. The molecule has 9 heteroatoms. The molecule has 0 fully saturated rings. The lowest BCUT2D eigenvalue weighted by Gasteiger charge is -2.16. The lowest BCUT2D eigenvalue weighted by atomic mass is 10.1. The molecule has 0 aliphatic heterocycles. The van der Waals surface area contributed by atoms with Crippen molar-refractivity contribution >= 4 is 12.3 Å². The van der Waals surface area contributed by atoms with Gasteiger partial charge in [0.05, 0.1) is 13.2 Å². The number of carboxylic acid groups (broad SMARTS) is 1. The molecule has 0 aliphatic carbocycles. The van der Waals surface area contributed by atoms with Gasteiger partial charge in [-0.15, -0.1) is 0 Å². The molecule has 9 nitrogen and oxygen atoms in total. The molecule has 17 heavy (non-hydrogen) atoms. The number of carboxylic acids is 1. The van der Waals surface area contributed by atoms with Gasteiger partial charge in [0, 0.05) is 0 Å². The summed E-state index contributed by atoms with van der Waals surface area (Å²) < 4.78 is 0. The van der Waals surface area contributed by atoms with E-state index in [1.807, 2.05) is 0 Å². The highest BCUT2D eigenvalue weighted by atomic mass is 16.4. The van der Waals surface area contributed by atoms with Crippen LogP contribution in [0.4, 0.5) is 0 Å². The van der Waals surface area contributed by atoms with Crippen molar-refractivity contribution in [3.8, 4) is 0 Å². The number of nitrogens with two attached hydrogens (primary N) is 1. The minimum absolute atomic E-state index is 0.0869. The Morgan fingerprint density at radius 3 is 1.82 bits per heavy atom. The Bertz CT molecular complexity index is 224. The fraction of sp³-hybridized carbons (Fsp3) is 0.750. The molecule has 0 aromatic heterocycles. The van der Waals surface area contributed by atoms with Crippen LogP contribution in [-0.4, -0.2) is 80.5 Å². The van der Waals surface area contributed by atoms with Gasteiger partial charge in [0.25, 0.3) is 0 Å². The van der Waals surface area contributed by atoms with E-state index in [4.69, 9.17) is 36.4 Å². The predicted molar refractivity (Wildman–Crippen MR) is 53.9 cm³/mol. The minimum atomic E-state index is -1.64. The Kier molecular flexibility index (Phi) is 10.8. The zero-order valence-corrected chi connectivity index (χ0v) is 8.88. The van der Waals surface area contributed by atoms with Crippen molar-refractivity contribution in [3.63, 3.8) is 0 Å². The monoisotopic (exact) mass is 255 g/mol. The fourth-order valence-electron chi connectivity index (χ4n) is 0.494. The van der Waals surface area contributed by atoms with E-state index < -0.39 is 43.5 Å². The summed E-state index contributed by atoms with van der Waals surface area (Å²) in [6.45, 7) is -1.19. The van der Waals surface area contributed by atoms with E-state index in [1.54, 1.807) is 0 Å². The third kappa shape index (κ3) is 8.68. The van der Waals surface area contributed by atoms with E-state index >= 15 is 0 Å². The highest BCUT2D eigenvalue weighted by molar-refractivity contribution is 5.73. The maximum Gasteiger partial charge on any atom is 0.322 e. The molecule has 0 aliphatic rings. The van der Waals surface area contributed by atoms with Crippen LogP contribution in [0, 0.1) is 0 Å². The average molecular weight is 255 g/mol. The van der Waals surface area contributed by atoms with Crippen LogP contribution in [0.15, 0.2) is 0 Å². The third-order valence-electron chi connectivity index (χ3n) is 1.58. The number of aliphatic hydroxyl groups excluding tert-OH is 5. The van der Waals surface area contributed by atoms with Crippen LogP contribution in [0.25, 0.3) is 0 Å². The molecule has 0 aromatic rings. The second-order valence-corrected chi connectivity index (χ2v) is 2.99. The zero-order chi connectivity index (χ0) is 14.0. The largest absolute Gasteiger partial charge is 0.480 e. The summed E-state index contributed by atoms with van der Waals surface area (Å²) in [5.41, 5.74) is 4.77. The number of hydrogen-bond acceptors (Lipinski definition) is 8. The summed E-state index contributed by atoms with van der Waals surface area (Å²) in [7, 11) is 0. The summed E-state index contributed by atoms with van der Waals surface area (Å²) in [6.07, 6.45) is -4.63. The SMILES string of the molecule is NC(CO)C(=O)O.O=C[C@H](O)[C@@H](O)[C@H](O)CO. The lowest BCUT2D eigenvalue weighted by Crippen LogP contribution is -2.40. The Balaban J connectivity index is 0. The third-order valence-corrected chi connectivity index (χ3v) is 1.58. The van der Waals surface area contributed by atoms with E-state index in [1.165, 1.54) is 0 Å². The Hall–Kier alpha value is -1.10. The van der Waals surface area contributed by atoms with Crippen molar-refractivity contribution in [2.45, 2.75) is 24.4 Å². The van der Waals surface area contributed by atoms with E-state index in [0.717, 1.165) is 0 Å². The van der Waals surface area contributed by atoms with Crippen LogP contribution in [0.5, 0.6) is 0 Å². The summed E-state index contributed by atoms with van der Waals surface area (Å²) in [5, 5.41) is 50.0. The molecule has 0 saturated heterocycles. The molecule has 1 unspecified atom stereocenters. The molecule has 8 N–H and O–H groups in total. The Labute approximate surface area is 96.7 Å². The smallest absolute Gasteiger partial charge is 0.322 e. The van der Waals surface area contributed by atoms with Gasteiger partial charge in [-0.05, 0) is 0 Å². The molecule has 0 amide bonds. The van der Waals surface area contributed by atoms with Gasteiger partial charge in [0.1, 0.15) is 24.4 Å². The molecular formula is C8H17NO8. The number of hydrogen-bond donors (Lipinski definition) is 7. The van der Waals surface area contributed by atoms with Crippen LogP contribution < -0.4 is 5.73 Å². The van der Waals surface area contributed by atoms with E-state index in [0.29, 0.717) is 0 Å². The molecule has 0 aromatic carbocycles. The van der Waals surface area contributed by atoms with Gasteiger partial charge in [-0.3, -0.25) is 4.79 Å². The van der Waals surface area contributed by atoms with Gasteiger partial charge in [-0.2, -0.15) is 0 Å². The first kappa shape index (κ1) is 18.3. The summed E-state index contributed by atoms with van der Waals surface area (Å²) in [4.78, 5) is 19.4. The number of carbonyl (C=O) groups excluding carboxylic acids is 1. The van der Waals surface area contributed by atoms with Gasteiger partial charge in [0.15, 0.2) is 6.29 Å². The molecule has 0 rings (SSSR count). The second kappa shape index (κ2) is 10.1. The van der Waals surface area contributed by atoms with Crippen LogP contribution in [-0.2, 0) is 9.59 Å². The van der Waals surface area contributed by atoms with Crippen LogP contribution in [0.3, 0.4) is 0 Å². The average Bonchev–Trinajstić information content (AvgIpc) is 2.35. The van der Waals surface area contributed by atoms with E-state index in [9.17, 15) is 9.59 Å². The normalized spacial score (nSPS) is 17.1. The van der Waals surface area contributed by atoms with E-state index in [2.05, 4.69) is 0 Å². The molecule has 102 valence electrons. The Morgan fingerprint density at radius 2 is 1.65 bits per heavy atom. The molecular weight excluding hydrogens is 238 g/mol. The number of aldehydes is 1. The number of rotatable bonds is 6. The predicted octanol–water partition coefficient (Wildman–Crippen LogP) is -4.35. The van der Waals surface area contributed by atoms with Gasteiger partial charge in [-0.25, -0.2) is 0 Å². The van der Waals surface area contributed by atoms with Gasteiger partial charge in [-0.1, -0.05) is 0 Å². The van der Waals surface area contributed by atoms with Crippen LogP contribution in [0.1, 0.15) is 0 Å². The number of aliphatic hydroxyl groups is 5. The van der Waals surface area contributed by atoms with Crippen LogP contribution >= 0.6 is 0 Å². The number of carbonyl (C=O) groups is 2. The van der Waals surface area contributed by atoms with Crippen LogP contribution in [0.2, 0.25) is 0 Å². The summed E-state index contributed by atoms with van der Waals surface area (Å²) >= 11 is 0. The molecule has 0 spiro atoms. The topological polar surface area (TPSA) is 182 Å². The molecule has 0 saturated carbocycles. The standard InChI is InChI=1S/C5H10O5.C3H7NO3/c6-1-3(8)5(10)4(9)2-7;4-2(1-5)3(6)7/h1,3-5,7-10H,2H2;2,5H,1,4H2,(H,6,7)/t3-,4+,5+;/m0./s1. The van der Waals surface area contributed by atoms with E-state index in [-0.39, 0.29) is 6.29 Å². The van der Waals surface area contributed by atoms with Gasteiger partial charge in [0.2, 0.25) is 0 Å². The highest BCUT2D eigenvalue weighted by Crippen LogP contribution is 1.96. The van der Waals surface area contributed by atoms with Crippen molar-refractivity contribution in [3.05, 3.63) is 0 Å². The lowest BCUT2D eigenvalue weighted by molar-refractivity contribution is -0.139. The van der Waals surface area contributed by atoms with Crippen molar-refractivity contribution in [2.24, 2.45) is 5.73 Å². The van der Waals surface area contributed by atoms with Gasteiger partial charge < -0.3 is 41.2 Å². The number of aliphatic carboxylic acids is 1. The maximum absolute atomic E-state index is 9.76. The zero-order valence-electron chi connectivity index (χ0n) is 8.88. The molecule has 4 atom stereocenters. The molecule has 0 heterocycles. The maximum atomic E-state index is 9.76. The van der Waals surface area contributed by atoms with Crippen molar-refractivity contribution < 1.29 is 40.2 Å². The summed E-state index contributed by atoms with van der Waals surface area (Å²) in [5.74, 6) is -1.18. The Morgan fingerprint density at radius 1 is 1.18 bits per heavy atom.